The molecule has 0 radical (unpaired) electrons. The van der Waals surface area contributed by atoms with Crippen LogP contribution >= 0.6 is 11.3 Å². The second kappa shape index (κ2) is 3.82. The highest BCUT2D eigenvalue weighted by molar-refractivity contribution is 7.20. The van der Waals surface area contributed by atoms with E-state index >= 15 is 0 Å². The zero-order valence-electron chi connectivity index (χ0n) is 10.5. The molecule has 0 spiro atoms. The van der Waals surface area contributed by atoms with E-state index in [1.165, 1.54) is 0 Å². The molecule has 5 heteroatoms. The summed E-state index contributed by atoms with van der Waals surface area (Å²) >= 11 is 1.61. The largest absolute Gasteiger partial charge is 0.525 e. The fraction of sp³-hybridized carbons (Fsp3) is 0.727. The maximum Gasteiger partial charge on any atom is 0.525 e. The normalized spacial score (nSPS) is 22.7. The molecule has 1 aliphatic rings. The predicted molar refractivity (Wildman–Crippen MR) is 67.2 cm³/mol. The molecule has 2 rings (SSSR count). The molecule has 0 unspecified atom stereocenters. The second-order valence-corrected chi connectivity index (χ2v) is 6.01. The van der Waals surface area contributed by atoms with E-state index < -0.39 is 0 Å². The van der Waals surface area contributed by atoms with E-state index in [1.54, 1.807) is 11.3 Å². The molecule has 16 heavy (non-hydrogen) atoms. The smallest absolute Gasteiger partial charge is 0.398 e. The maximum absolute atomic E-state index is 5.93. The third-order valence-electron chi connectivity index (χ3n) is 3.39. The van der Waals surface area contributed by atoms with E-state index in [0.29, 0.717) is 0 Å². The lowest BCUT2D eigenvalue weighted by atomic mass is 9.90. The molecular weight excluding hydrogens is 221 g/mol. The molecule has 0 N–H and O–H groups in total. The number of rotatable bonds is 2. The summed E-state index contributed by atoms with van der Waals surface area (Å²) in [4.78, 5) is 5.44. The van der Waals surface area contributed by atoms with Crippen molar-refractivity contribution in [3.05, 3.63) is 11.1 Å². The van der Waals surface area contributed by atoms with Crippen LogP contribution in [0.3, 0.4) is 0 Å². The Kier molecular flexibility index (Phi) is 2.89. The molecule has 0 atom stereocenters. The number of aryl methyl sites for hydroxylation is 1. The summed E-state index contributed by atoms with van der Waals surface area (Å²) in [6, 6.07) is 0. The SMILES string of the molecule is CCc1csc(B2OC(C)(C)C(C)(C)O2)n1. The summed E-state index contributed by atoms with van der Waals surface area (Å²) < 4.78 is 11.9. The van der Waals surface area contributed by atoms with Gasteiger partial charge in [-0.05, 0) is 34.1 Å². The molecule has 0 saturated carbocycles. The van der Waals surface area contributed by atoms with E-state index in [2.05, 4.69) is 45.0 Å². The molecule has 0 aromatic carbocycles. The summed E-state index contributed by atoms with van der Waals surface area (Å²) in [5, 5.41) is 2.07. The average molecular weight is 239 g/mol. The van der Waals surface area contributed by atoms with Gasteiger partial charge in [0.05, 0.1) is 16.9 Å². The van der Waals surface area contributed by atoms with Crippen LogP contribution < -0.4 is 4.91 Å². The fourth-order valence-electron chi connectivity index (χ4n) is 1.54. The average Bonchev–Trinajstić information content (AvgIpc) is 2.70. The van der Waals surface area contributed by atoms with Crippen molar-refractivity contribution in [3.63, 3.8) is 0 Å². The van der Waals surface area contributed by atoms with Crippen molar-refractivity contribution >= 4 is 23.4 Å². The van der Waals surface area contributed by atoms with Gasteiger partial charge in [0.1, 0.15) is 4.91 Å². The first-order valence-corrected chi connectivity index (χ1v) is 6.53. The number of aromatic nitrogens is 1. The maximum atomic E-state index is 5.93. The quantitative estimate of drug-likeness (QED) is 0.740. The van der Waals surface area contributed by atoms with Crippen LogP contribution in [0.4, 0.5) is 0 Å². The summed E-state index contributed by atoms with van der Waals surface area (Å²) in [6.07, 6.45) is 0.954. The third-order valence-corrected chi connectivity index (χ3v) is 4.30. The first kappa shape index (κ1) is 12.1. The molecule has 1 aromatic rings. The van der Waals surface area contributed by atoms with Gasteiger partial charge in [-0.15, -0.1) is 11.3 Å². The highest BCUT2D eigenvalue weighted by atomic mass is 32.1. The van der Waals surface area contributed by atoms with Crippen LogP contribution in [0, 0.1) is 0 Å². The lowest BCUT2D eigenvalue weighted by Crippen LogP contribution is -2.41. The number of hydrogen-bond acceptors (Lipinski definition) is 4. The van der Waals surface area contributed by atoms with Crippen LogP contribution in [0.25, 0.3) is 0 Å². The van der Waals surface area contributed by atoms with E-state index in [1.807, 2.05) is 0 Å². The minimum atomic E-state index is -0.310. The van der Waals surface area contributed by atoms with Gasteiger partial charge in [0, 0.05) is 5.38 Å². The van der Waals surface area contributed by atoms with Crippen LogP contribution in [0.5, 0.6) is 0 Å². The van der Waals surface area contributed by atoms with E-state index in [4.69, 9.17) is 9.31 Å². The molecular formula is C11H18BNO2S. The number of nitrogens with zero attached hydrogens (tertiary/aromatic N) is 1. The Hall–Kier alpha value is -0.385. The molecule has 0 aliphatic carbocycles. The fourth-order valence-corrected chi connectivity index (χ4v) is 2.39. The van der Waals surface area contributed by atoms with Gasteiger partial charge in [-0.25, -0.2) is 0 Å². The minimum absolute atomic E-state index is 0.282. The topological polar surface area (TPSA) is 31.4 Å². The number of thiazole rings is 1. The van der Waals surface area contributed by atoms with Crippen LogP contribution in [-0.4, -0.2) is 23.3 Å². The lowest BCUT2D eigenvalue weighted by Gasteiger charge is -2.32. The highest BCUT2D eigenvalue weighted by Gasteiger charge is 2.52. The van der Waals surface area contributed by atoms with E-state index in [9.17, 15) is 0 Å². The Morgan fingerprint density at radius 3 is 2.25 bits per heavy atom. The Balaban J connectivity index is 2.20. The molecule has 2 heterocycles. The molecule has 1 fully saturated rings. The van der Waals surface area contributed by atoms with E-state index in [-0.39, 0.29) is 18.3 Å². The first-order chi connectivity index (χ1) is 7.36. The van der Waals surface area contributed by atoms with Crippen molar-refractivity contribution in [1.82, 2.24) is 4.98 Å². The van der Waals surface area contributed by atoms with Gasteiger partial charge in [-0.1, -0.05) is 6.92 Å². The van der Waals surface area contributed by atoms with Crippen molar-refractivity contribution in [2.75, 3.05) is 0 Å². The minimum Gasteiger partial charge on any atom is -0.398 e. The molecule has 3 nitrogen and oxygen atoms in total. The summed E-state index contributed by atoms with van der Waals surface area (Å²) in [5.74, 6) is 0. The Bertz CT molecular complexity index is 373. The van der Waals surface area contributed by atoms with Gasteiger partial charge < -0.3 is 9.31 Å². The number of hydrogen-bond donors (Lipinski definition) is 0. The van der Waals surface area contributed by atoms with Crippen molar-refractivity contribution in [2.45, 2.75) is 52.2 Å². The monoisotopic (exact) mass is 239 g/mol. The Labute approximate surface area is 101 Å². The van der Waals surface area contributed by atoms with Gasteiger partial charge in [-0.2, -0.15) is 0 Å². The molecule has 1 aliphatic heterocycles. The van der Waals surface area contributed by atoms with Gasteiger partial charge in [0.25, 0.3) is 0 Å². The molecule has 0 bridgehead atoms. The zero-order valence-corrected chi connectivity index (χ0v) is 11.4. The van der Waals surface area contributed by atoms with E-state index in [0.717, 1.165) is 17.0 Å². The second-order valence-electron chi connectivity index (χ2n) is 5.12. The summed E-state index contributed by atoms with van der Waals surface area (Å²) in [7, 11) is -0.310. The molecule has 1 aromatic heterocycles. The Morgan fingerprint density at radius 1 is 1.25 bits per heavy atom. The van der Waals surface area contributed by atoms with Gasteiger partial charge in [0.2, 0.25) is 0 Å². The summed E-state index contributed by atoms with van der Waals surface area (Å²) in [5.41, 5.74) is 0.542. The Morgan fingerprint density at radius 2 is 1.81 bits per heavy atom. The molecule has 0 amide bonds. The van der Waals surface area contributed by atoms with Crippen molar-refractivity contribution in [1.29, 1.82) is 0 Å². The summed E-state index contributed by atoms with van der Waals surface area (Å²) in [6.45, 7) is 10.3. The van der Waals surface area contributed by atoms with Gasteiger partial charge >= 0.3 is 7.12 Å². The molecule has 1 saturated heterocycles. The first-order valence-electron chi connectivity index (χ1n) is 5.65. The highest BCUT2D eigenvalue weighted by Crippen LogP contribution is 2.36. The molecule has 88 valence electrons. The van der Waals surface area contributed by atoms with Crippen molar-refractivity contribution in [3.8, 4) is 0 Å². The standard InChI is InChI=1S/C11H18BNO2S/c1-6-8-7-16-9(13-8)12-14-10(2,3)11(4,5)15-12/h7H,6H2,1-5H3. The van der Waals surface area contributed by atoms with Crippen molar-refractivity contribution in [2.24, 2.45) is 0 Å². The lowest BCUT2D eigenvalue weighted by molar-refractivity contribution is 0.00578. The zero-order chi connectivity index (χ0) is 12.0. The van der Waals surface area contributed by atoms with Gasteiger partial charge in [-0.3, -0.25) is 4.98 Å². The van der Waals surface area contributed by atoms with Crippen LogP contribution in [0.1, 0.15) is 40.3 Å². The van der Waals surface area contributed by atoms with Crippen LogP contribution in [0.15, 0.2) is 5.38 Å². The van der Waals surface area contributed by atoms with Crippen LogP contribution in [0.2, 0.25) is 0 Å². The van der Waals surface area contributed by atoms with Crippen LogP contribution in [-0.2, 0) is 15.7 Å². The van der Waals surface area contributed by atoms with Gasteiger partial charge in [0.15, 0.2) is 0 Å². The predicted octanol–water partition coefficient (Wildman–Crippen LogP) is 2.00. The third kappa shape index (κ3) is 1.92. The van der Waals surface area contributed by atoms with Crippen molar-refractivity contribution < 1.29 is 9.31 Å².